The Bertz CT molecular complexity index is 1290. The number of amides is 1. The van der Waals surface area contributed by atoms with Crippen LogP contribution in [0.3, 0.4) is 0 Å². The molecule has 2 aromatic carbocycles. The molecular formula is C25H25F2N5OS. The Kier molecular flexibility index (Phi) is 6.47. The van der Waals surface area contributed by atoms with E-state index in [0.29, 0.717) is 4.91 Å². The Balaban J connectivity index is 1.34. The van der Waals surface area contributed by atoms with Gasteiger partial charge < -0.3 is 14.8 Å². The minimum atomic E-state index is -0.744. The fraction of sp³-hybridized carbons (Fsp3) is 0.320. The molecule has 6 nitrogen and oxygen atoms in total. The van der Waals surface area contributed by atoms with Gasteiger partial charge in [0.2, 0.25) is 0 Å². The van der Waals surface area contributed by atoms with Gasteiger partial charge in [0.25, 0.3) is 5.91 Å². The maximum absolute atomic E-state index is 13.9. The van der Waals surface area contributed by atoms with Crippen molar-refractivity contribution >= 4 is 45.6 Å². The number of hydrogen-bond acceptors (Lipinski definition) is 5. The third-order valence-electron chi connectivity index (χ3n) is 6.16. The molecule has 1 amide bonds. The van der Waals surface area contributed by atoms with E-state index in [2.05, 4.69) is 24.8 Å². The predicted molar refractivity (Wildman–Crippen MR) is 133 cm³/mol. The summed E-state index contributed by atoms with van der Waals surface area (Å²) in [7, 11) is 0. The number of aliphatic imine (C=N–C) groups is 1. The van der Waals surface area contributed by atoms with Gasteiger partial charge in [-0.3, -0.25) is 4.79 Å². The molecule has 1 saturated heterocycles. The molecule has 0 spiro atoms. The summed E-state index contributed by atoms with van der Waals surface area (Å²) < 4.78 is 30.1. The average Bonchev–Trinajstić information content (AvgIpc) is 3.33. The van der Waals surface area contributed by atoms with Crippen LogP contribution in [-0.4, -0.2) is 45.2 Å². The van der Waals surface area contributed by atoms with E-state index in [1.54, 1.807) is 6.08 Å². The van der Waals surface area contributed by atoms with E-state index in [1.807, 2.05) is 25.1 Å². The van der Waals surface area contributed by atoms with Crippen molar-refractivity contribution in [3.05, 3.63) is 64.3 Å². The van der Waals surface area contributed by atoms with Crippen molar-refractivity contribution in [2.45, 2.75) is 32.7 Å². The molecule has 0 aliphatic carbocycles. The largest absolute Gasteiger partial charge is 0.329 e. The first kappa shape index (κ1) is 22.7. The minimum absolute atomic E-state index is 0.142. The first-order valence-corrected chi connectivity index (χ1v) is 12.2. The van der Waals surface area contributed by atoms with Crippen molar-refractivity contribution < 1.29 is 13.6 Å². The first-order valence-electron chi connectivity index (χ1n) is 11.4. The predicted octanol–water partition coefficient (Wildman–Crippen LogP) is 5.19. The van der Waals surface area contributed by atoms with Crippen LogP contribution in [0.4, 0.5) is 14.5 Å². The summed E-state index contributed by atoms with van der Waals surface area (Å²) in [5.74, 6) is -0.970. The summed E-state index contributed by atoms with van der Waals surface area (Å²) in [6, 6.07) is 9.46. The second kappa shape index (κ2) is 9.68. The molecule has 34 heavy (non-hydrogen) atoms. The number of rotatable bonds is 5. The number of aromatic nitrogens is 2. The van der Waals surface area contributed by atoms with Crippen LogP contribution in [0.1, 0.15) is 30.7 Å². The van der Waals surface area contributed by atoms with Crippen LogP contribution in [0.15, 0.2) is 46.3 Å². The van der Waals surface area contributed by atoms with E-state index in [1.165, 1.54) is 25.3 Å². The average molecular weight is 482 g/mol. The Hall–Kier alpha value is -3.04. The summed E-state index contributed by atoms with van der Waals surface area (Å²) in [6.07, 6.45) is 5.58. The number of carbonyl (C=O) groups is 1. The molecule has 2 aliphatic rings. The van der Waals surface area contributed by atoms with Crippen LogP contribution in [0.2, 0.25) is 0 Å². The minimum Gasteiger partial charge on any atom is -0.329 e. The number of para-hydroxylation sites is 1. The van der Waals surface area contributed by atoms with Gasteiger partial charge in [-0.25, -0.2) is 13.8 Å². The summed E-state index contributed by atoms with van der Waals surface area (Å²) in [5.41, 5.74) is 2.46. The highest BCUT2D eigenvalue weighted by Gasteiger charge is 2.24. The van der Waals surface area contributed by atoms with Gasteiger partial charge in [0, 0.05) is 13.1 Å². The highest BCUT2D eigenvalue weighted by Crippen LogP contribution is 2.31. The number of anilines is 1. The SMILES string of the molecule is Cc1nc2ccc(/C=C3\SC(Nc4c(F)cccc4F)=NC3=O)cc2n1CCN1CCCCC1. The van der Waals surface area contributed by atoms with Crippen molar-refractivity contribution in [3.8, 4) is 0 Å². The Morgan fingerprint density at radius 2 is 1.85 bits per heavy atom. The van der Waals surface area contributed by atoms with Crippen molar-refractivity contribution in [1.29, 1.82) is 0 Å². The van der Waals surface area contributed by atoms with Gasteiger partial charge in [-0.1, -0.05) is 18.6 Å². The van der Waals surface area contributed by atoms with Crippen LogP contribution in [-0.2, 0) is 11.3 Å². The van der Waals surface area contributed by atoms with Gasteiger partial charge in [0.05, 0.1) is 15.9 Å². The molecule has 0 bridgehead atoms. The summed E-state index contributed by atoms with van der Waals surface area (Å²) in [5, 5.41) is 2.74. The maximum atomic E-state index is 13.9. The lowest BCUT2D eigenvalue weighted by Crippen LogP contribution is -2.32. The van der Waals surface area contributed by atoms with Gasteiger partial charge in [0.15, 0.2) is 5.17 Å². The Morgan fingerprint density at radius 3 is 2.62 bits per heavy atom. The van der Waals surface area contributed by atoms with E-state index in [0.717, 1.165) is 72.5 Å². The molecule has 1 fully saturated rings. The van der Waals surface area contributed by atoms with Crippen LogP contribution in [0.25, 0.3) is 17.1 Å². The number of carbonyl (C=O) groups excluding carboxylic acids is 1. The normalized spacial score (nSPS) is 18.1. The van der Waals surface area contributed by atoms with E-state index < -0.39 is 17.5 Å². The molecule has 5 rings (SSSR count). The van der Waals surface area contributed by atoms with Gasteiger partial charge in [-0.2, -0.15) is 4.99 Å². The maximum Gasteiger partial charge on any atom is 0.286 e. The van der Waals surface area contributed by atoms with Gasteiger partial charge >= 0.3 is 0 Å². The zero-order valence-corrected chi connectivity index (χ0v) is 19.7. The lowest BCUT2D eigenvalue weighted by molar-refractivity contribution is -0.113. The number of piperidine rings is 1. The lowest BCUT2D eigenvalue weighted by Gasteiger charge is -2.26. The van der Waals surface area contributed by atoms with Crippen LogP contribution < -0.4 is 5.32 Å². The van der Waals surface area contributed by atoms with Gasteiger partial charge in [-0.05, 0) is 80.5 Å². The highest BCUT2D eigenvalue weighted by molar-refractivity contribution is 8.18. The topological polar surface area (TPSA) is 62.5 Å². The summed E-state index contributed by atoms with van der Waals surface area (Å²) in [6.45, 7) is 6.16. The molecule has 3 heterocycles. The number of benzene rings is 2. The Morgan fingerprint density at radius 1 is 1.09 bits per heavy atom. The Labute approximate surface area is 200 Å². The molecule has 1 N–H and O–H groups in total. The van der Waals surface area contributed by atoms with Gasteiger partial charge in [-0.15, -0.1) is 0 Å². The number of likely N-dealkylation sites (tertiary alicyclic amines) is 1. The zero-order valence-electron chi connectivity index (χ0n) is 18.9. The van der Waals surface area contributed by atoms with Crippen molar-refractivity contribution in [3.63, 3.8) is 0 Å². The fourth-order valence-electron chi connectivity index (χ4n) is 4.39. The molecule has 176 valence electrons. The molecular weight excluding hydrogens is 456 g/mol. The third kappa shape index (κ3) is 4.76. The summed E-state index contributed by atoms with van der Waals surface area (Å²) >= 11 is 1.06. The van der Waals surface area contributed by atoms with Crippen LogP contribution >= 0.6 is 11.8 Å². The second-order valence-electron chi connectivity index (χ2n) is 8.52. The molecule has 1 aromatic heterocycles. The third-order valence-corrected chi connectivity index (χ3v) is 7.06. The number of nitrogens with one attached hydrogen (secondary N) is 1. The zero-order chi connectivity index (χ0) is 23.7. The van der Waals surface area contributed by atoms with E-state index >= 15 is 0 Å². The number of fused-ring (bicyclic) bond motifs is 1. The van der Waals surface area contributed by atoms with Gasteiger partial charge in [0.1, 0.15) is 23.1 Å². The molecule has 2 aliphatic heterocycles. The standard InChI is InChI=1S/C25H25F2N5OS/c1-16-28-20-9-8-17(14-21(20)32(16)13-12-31-10-3-2-4-11-31)15-22-24(33)30-25(34-22)29-23-18(26)6-5-7-19(23)27/h5-9,14-15H,2-4,10-13H2,1H3,(H,29,30,33)/b22-15-. The van der Waals surface area contributed by atoms with E-state index in [-0.39, 0.29) is 10.9 Å². The van der Waals surface area contributed by atoms with E-state index in [9.17, 15) is 13.6 Å². The lowest BCUT2D eigenvalue weighted by atomic mass is 10.1. The van der Waals surface area contributed by atoms with Crippen LogP contribution in [0.5, 0.6) is 0 Å². The molecule has 3 aromatic rings. The van der Waals surface area contributed by atoms with Crippen molar-refractivity contribution in [1.82, 2.24) is 14.5 Å². The van der Waals surface area contributed by atoms with Crippen molar-refractivity contribution in [2.75, 3.05) is 25.0 Å². The molecule has 9 heteroatoms. The highest BCUT2D eigenvalue weighted by atomic mass is 32.2. The molecule has 0 radical (unpaired) electrons. The number of hydrogen-bond donors (Lipinski definition) is 1. The monoisotopic (exact) mass is 481 g/mol. The molecule has 0 saturated carbocycles. The number of amidine groups is 1. The number of halogens is 2. The number of imidazole rings is 1. The fourth-order valence-corrected chi connectivity index (χ4v) is 5.21. The van der Waals surface area contributed by atoms with Crippen LogP contribution in [0, 0.1) is 18.6 Å². The first-order chi connectivity index (χ1) is 16.5. The smallest absolute Gasteiger partial charge is 0.286 e. The number of nitrogens with zero attached hydrogens (tertiary/aromatic N) is 4. The number of thioether (sulfide) groups is 1. The second-order valence-corrected chi connectivity index (χ2v) is 9.55. The molecule has 0 unspecified atom stereocenters. The quantitative estimate of drug-likeness (QED) is 0.508. The van der Waals surface area contributed by atoms with E-state index in [4.69, 9.17) is 0 Å². The molecule has 0 atom stereocenters. The summed E-state index contributed by atoms with van der Waals surface area (Å²) in [4.78, 5) is 23.9. The number of aryl methyl sites for hydroxylation is 1. The van der Waals surface area contributed by atoms with Crippen molar-refractivity contribution in [2.24, 2.45) is 4.99 Å².